The summed E-state index contributed by atoms with van der Waals surface area (Å²) in [6.07, 6.45) is 8.45. The Morgan fingerprint density at radius 1 is 1.19 bits per heavy atom. The van der Waals surface area contributed by atoms with Gasteiger partial charge in [-0.05, 0) is 43.9 Å². The van der Waals surface area contributed by atoms with Crippen LogP contribution in [0.25, 0.3) is 0 Å². The first-order valence-corrected chi connectivity index (χ1v) is 10.6. The number of halogens is 2. The molecule has 0 saturated heterocycles. The van der Waals surface area contributed by atoms with E-state index >= 15 is 0 Å². The number of allylic oxidation sites excluding steroid dienone is 2. The minimum absolute atomic E-state index is 0.291. The Balaban J connectivity index is 1.85. The van der Waals surface area contributed by atoms with E-state index in [2.05, 4.69) is 0 Å². The summed E-state index contributed by atoms with van der Waals surface area (Å²) in [6.45, 7) is 1.54. The van der Waals surface area contributed by atoms with Crippen molar-refractivity contribution < 1.29 is 32.6 Å². The van der Waals surface area contributed by atoms with Crippen LogP contribution in [0.5, 0.6) is 5.75 Å². The van der Waals surface area contributed by atoms with E-state index in [1.165, 1.54) is 6.08 Å². The molecule has 0 aromatic heterocycles. The van der Waals surface area contributed by atoms with Gasteiger partial charge in [0.25, 0.3) is 12.4 Å². The highest BCUT2D eigenvalue weighted by Gasteiger charge is 2.37. The lowest BCUT2D eigenvalue weighted by Gasteiger charge is -2.16. The predicted octanol–water partition coefficient (Wildman–Crippen LogP) is 5.26. The standard InChI is InChI=1S/C24H30F2O5/c1-2-3-4-5-9-12-23(28)31-21-15-19(22(16-21)30-18-27)13-14-24(25,26)17-29-20-10-7-6-8-11-20/h3-4,6-8,10-11,13-14,18-19,21-22H,2,5,9,12,15-17H2,1H3/b4-3-,14-13+/t19-,21-,22-/m1/s1. The van der Waals surface area contributed by atoms with Crippen LogP contribution in [-0.4, -0.2) is 37.2 Å². The van der Waals surface area contributed by atoms with Gasteiger partial charge in [0, 0.05) is 18.8 Å². The average Bonchev–Trinajstić information content (AvgIpc) is 3.13. The van der Waals surface area contributed by atoms with Gasteiger partial charge in [-0.25, -0.2) is 0 Å². The summed E-state index contributed by atoms with van der Waals surface area (Å²) in [5.41, 5.74) is 0. The molecule has 170 valence electrons. The largest absolute Gasteiger partial charge is 0.487 e. The van der Waals surface area contributed by atoms with Crippen molar-refractivity contribution >= 4 is 12.4 Å². The van der Waals surface area contributed by atoms with Crippen molar-refractivity contribution in [1.82, 2.24) is 0 Å². The average molecular weight is 436 g/mol. The van der Waals surface area contributed by atoms with Gasteiger partial charge in [0.05, 0.1) is 0 Å². The molecule has 7 heteroatoms. The lowest BCUT2D eigenvalue weighted by Crippen LogP contribution is -2.24. The highest BCUT2D eigenvalue weighted by molar-refractivity contribution is 5.69. The van der Waals surface area contributed by atoms with E-state index in [0.29, 0.717) is 37.9 Å². The molecule has 0 N–H and O–H groups in total. The third-order valence-electron chi connectivity index (χ3n) is 4.95. The number of alkyl halides is 2. The number of para-hydroxylation sites is 1. The topological polar surface area (TPSA) is 61.8 Å². The van der Waals surface area contributed by atoms with Crippen molar-refractivity contribution in [3.63, 3.8) is 0 Å². The van der Waals surface area contributed by atoms with E-state index in [9.17, 15) is 18.4 Å². The molecule has 0 spiro atoms. The van der Waals surface area contributed by atoms with Crippen LogP contribution in [-0.2, 0) is 19.1 Å². The molecule has 1 aliphatic carbocycles. The zero-order valence-electron chi connectivity index (χ0n) is 17.8. The molecule has 0 amide bonds. The number of ether oxygens (including phenoxy) is 3. The maximum absolute atomic E-state index is 14.2. The Bertz CT molecular complexity index is 733. The first-order valence-electron chi connectivity index (χ1n) is 10.6. The first-order chi connectivity index (χ1) is 14.9. The van der Waals surface area contributed by atoms with Crippen molar-refractivity contribution in [2.45, 2.75) is 63.6 Å². The molecule has 5 nitrogen and oxygen atoms in total. The van der Waals surface area contributed by atoms with Crippen LogP contribution < -0.4 is 4.74 Å². The van der Waals surface area contributed by atoms with Crippen LogP contribution in [0.15, 0.2) is 54.6 Å². The number of rotatable bonds is 13. The number of hydrogen-bond acceptors (Lipinski definition) is 5. The molecular weight excluding hydrogens is 406 g/mol. The molecule has 1 saturated carbocycles. The van der Waals surface area contributed by atoms with E-state index in [1.54, 1.807) is 30.3 Å². The molecule has 0 radical (unpaired) electrons. The van der Waals surface area contributed by atoms with Gasteiger partial charge >= 0.3 is 5.97 Å². The second kappa shape index (κ2) is 12.9. The molecule has 0 bridgehead atoms. The highest BCUT2D eigenvalue weighted by Crippen LogP contribution is 2.33. The van der Waals surface area contributed by atoms with Gasteiger partial charge in [0.1, 0.15) is 18.0 Å². The summed E-state index contributed by atoms with van der Waals surface area (Å²) < 4.78 is 44.0. The third-order valence-corrected chi connectivity index (χ3v) is 4.95. The summed E-state index contributed by atoms with van der Waals surface area (Å²) in [5, 5.41) is 0. The Morgan fingerprint density at radius 2 is 1.97 bits per heavy atom. The zero-order chi connectivity index (χ0) is 22.5. The number of unbranched alkanes of at least 4 members (excludes halogenated alkanes) is 1. The van der Waals surface area contributed by atoms with Gasteiger partial charge < -0.3 is 14.2 Å². The number of hydrogen-bond donors (Lipinski definition) is 0. The van der Waals surface area contributed by atoms with Gasteiger partial charge in [-0.3, -0.25) is 9.59 Å². The predicted molar refractivity (Wildman–Crippen MR) is 113 cm³/mol. The lowest BCUT2D eigenvalue weighted by molar-refractivity contribution is -0.149. The number of benzene rings is 1. The maximum atomic E-state index is 14.2. The van der Waals surface area contributed by atoms with Gasteiger partial charge in [0.15, 0.2) is 6.61 Å². The van der Waals surface area contributed by atoms with Crippen molar-refractivity contribution in [3.8, 4) is 5.75 Å². The molecule has 3 atom stereocenters. The summed E-state index contributed by atoms with van der Waals surface area (Å²) in [4.78, 5) is 22.8. The first kappa shape index (κ1) is 24.6. The van der Waals surface area contributed by atoms with Crippen molar-refractivity contribution in [3.05, 3.63) is 54.6 Å². The molecule has 1 aromatic carbocycles. The minimum Gasteiger partial charge on any atom is -0.487 e. The van der Waals surface area contributed by atoms with Crippen LogP contribution in [0.4, 0.5) is 8.78 Å². The SMILES string of the molecule is CC/C=C\CCCC(=O)O[C@@H]1C[C@@H](/C=C/C(F)(F)COc2ccccc2)[C@H](OC=O)C1. The highest BCUT2D eigenvalue weighted by atomic mass is 19.3. The molecule has 1 fully saturated rings. The normalized spacial score (nSPS) is 21.5. The van der Waals surface area contributed by atoms with E-state index < -0.39 is 30.7 Å². The van der Waals surface area contributed by atoms with Crippen molar-refractivity contribution in [2.75, 3.05) is 6.61 Å². The van der Waals surface area contributed by atoms with Crippen LogP contribution in [0.1, 0.15) is 45.4 Å². The summed E-state index contributed by atoms with van der Waals surface area (Å²) in [7, 11) is 0. The second-order valence-electron chi connectivity index (χ2n) is 7.51. The second-order valence-corrected chi connectivity index (χ2v) is 7.51. The molecule has 1 aromatic rings. The van der Waals surface area contributed by atoms with Crippen LogP contribution in [0.2, 0.25) is 0 Å². The monoisotopic (exact) mass is 436 g/mol. The Kier molecular flexibility index (Phi) is 10.2. The fourth-order valence-electron chi connectivity index (χ4n) is 3.41. The van der Waals surface area contributed by atoms with Crippen molar-refractivity contribution in [2.24, 2.45) is 5.92 Å². The van der Waals surface area contributed by atoms with E-state index in [1.807, 2.05) is 19.1 Å². The van der Waals surface area contributed by atoms with Crippen molar-refractivity contribution in [1.29, 1.82) is 0 Å². The minimum atomic E-state index is -3.19. The molecule has 0 heterocycles. The summed E-state index contributed by atoms with van der Waals surface area (Å²) in [5.74, 6) is -3.62. The van der Waals surface area contributed by atoms with E-state index in [-0.39, 0.29) is 5.97 Å². The Morgan fingerprint density at radius 3 is 2.68 bits per heavy atom. The molecule has 1 aliphatic rings. The molecule has 31 heavy (non-hydrogen) atoms. The van der Waals surface area contributed by atoms with Gasteiger partial charge in [0.2, 0.25) is 0 Å². The molecular formula is C24H30F2O5. The van der Waals surface area contributed by atoms with E-state index in [0.717, 1.165) is 18.9 Å². The lowest BCUT2D eigenvalue weighted by atomic mass is 10.0. The number of carbonyl (C=O) groups excluding carboxylic acids is 2. The quantitative estimate of drug-likeness (QED) is 0.183. The summed E-state index contributed by atoms with van der Waals surface area (Å²) >= 11 is 0. The van der Waals surface area contributed by atoms with Gasteiger partial charge in [-0.1, -0.05) is 43.4 Å². The summed E-state index contributed by atoms with van der Waals surface area (Å²) in [6, 6.07) is 8.37. The van der Waals surface area contributed by atoms with Crippen LogP contribution in [0, 0.1) is 5.92 Å². The van der Waals surface area contributed by atoms with Crippen LogP contribution in [0.3, 0.4) is 0 Å². The smallest absolute Gasteiger partial charge is 0.306 e. The zero-order valence-corrected chi connectivity index (χ0v) is 17.8. The molecule has 0 aliphatic heterocycles. The fraction of sp³-hybridized carbons (Fsp3) is 0.500. The Labute approximate surface area is 182 Å². The van der Waals surface area contributed by atoms with Gasteiger partial charge in [-0.15, -0.1) is 0 Å². The Hall–Kier alpha value is -2.70. The van der Waals surface area contributed by atoms with Crippen LogP contribution >= 0.6 is 0 Å². The van der Waals surface area contributed by atoms with Gasteiger partial charge in [-0.2, -0.15) is 8.78 Å². The van der Waals surface area contributed by atoms with E-state index in [4.69, 9.17) is 14.2 Å². The molecule has 2 rings (SSSR count). The number of esters is 1. The molecule has 0 unspecified atom stereocenters. The fourth-order valence-corrected chi connectivity index (χ4v) is 3.41. The number of carbonyl (C=O) groups is 2. The third kappa shape index (κ3) is 9.32. The maximum Gasteiger partial charge on any atom is 0.306 e.